The molecule has 0 aromatic heterocycles. The highest BCUT2D eigenvalue weighted by molar-refractivity contribution is 5.44. The molecular weight excluding hydrogens is 322 g/mol. The van der Waals surface area contributed by atoms with E-state index in [4.69, 9.17) is 9.47 Å². The van der Waals surface area contributed by atoms with Crippen LogP contribution in [0.25, 0.3) is 0 Å². The van der Waals surface area contributed by atoms with Crippen LogP contribution in [-0.2, 0) is 10.5 Å². The molecule has 134 valence electrons. The van der Waals surface area contributed by atoms with Crippen LogP contribution in [0.1, 0.15) is 49.1 Å². The fraction of sp³-hybridized carbons (Fsp3) is 0.478. The molecular formula is C23H25NO2. The van der Waals surface area contributed by atoms with E-state index in [1.807, 2.05) is 0 Å². The molecule has 3 heterocycles. The molecule has 0 amide bonds. The van der Waals surface area contributed by atoms with Gasteiger partial charge in [-0.05, 0) is 30.4 Å². The fourth-order valence-electron chi connectivity index (χ4n) is 6.31. The zero-order valence-electron chi connectivity index (χ0n) is 15.1. The Morgan fingerprint density at radius 3 is 2.73 bits per heavy atom. The van der Waals surface area contributed by atoms with Gasteiger partial charge >= 0.3 is 0 Å². The van der Waals surface area contributed by atoms with Gasteiger partial charge in [0.25, 0.3) is 0 Å². The molecule has 6 rings (SSSR count). The minimum Gasteiger partial charge on any atom is -0.472 e. The van der Waals surface area contributed by atoms with Gasteiger partial charge in [0.1, 0.15) is 5.75 Å². The number of hydrogen-bond donors (Lipinski definition) is 0. The summed E-state index contributed by atoms with van der Waals surface area (Å²) < 4.78 is 13.5. The maximum absolute atomic E-state index is 6.90. The van der Waals surface area contributed by atoms with Gasteiger partial charge in [-0.15, -0.1) is 0 Å². The van der Waals surface area contributed by atoms with Crippen LogP contribution in [-0.4, -0.2) is 23.8 Å². The quantitative estimate of drug-likeness (QED) is 0.750. The average Bonchev–Trinajstić information content (AvgIpc) is 3.15. The Bertz CT molecular complexity index is 837. The highest BCUT2D eigenvalue weighted by Gasteiger charge is 2.67. The third kappa shape index (κ3) is 1.80. The molecule has 3 heteroatoms. The highest BCUT2D eigenvalue weighted by Crippen LogP contribution is 2.64. The molecule has 3 aliphatic heterocycles. The predicted molar refractivity (Wildman–Crippen MR) is 99.9 cm³/mol. The molecule has 3 fully saturated rings. The van der Waals surface area contributed by atoms with Crippen LogP contribution >= 0.6 is 0 Å². The van der Waals surface area contributed by atoms with Crippen molar-refractivity contribution >= 4 is 0 Å². The van der Waals surface area contributed by atoms with Crippen LogP contribution in [0.4, 0.5) is 0 Å². The number of hydrogen-bond acceptors (Lipinski definition) is 3. The van der Waals surface area contributed by atoms with Gasteiger partial charge in [0, 0.05) is 30.9 Å². The summed E-state index contributed by atoms with van der Waals surface area (Å²) >= 11 is 0. The summed E-state index contributed by atoms with van der Waals surface area (Å²) in [5.41, 5.74) is 2.15. The molecule has 2 aromatic rings. The minimum atomic E-state index is -0.316. The SMILES string of the molecule is c1ccc(C2CC34OCCN3C3(CCCCC23)Oc2ccccc24)cc1. The van der Waals surface area contributed by atoms with Gasteiger partial charge < -0.3 is 9.47 Å². The zero-order chi connectivity index (χ0) is 17.2. The molecule has 0 N–H and O–H groups in total. The molecule has 3 nitrogen and oxygen atoms in total. The molecule has 0 radical (unpaired) electrons. The Morgan fingerprint density at radius 2 is 1.81 bits per heavy atom. The Balaban J connectivity index is 1.59. The van der Waals surface area contributed by atoms with Crippen LogP contribution in [0.3, 0.4) is 0 Å². The van der Waals surface area contributed by atoms with E-state index in [0.717, 1.165) is 31.7 Å². The van der Waals surface area contributed by atoms with Gasteiger partial charge in [0.15, 0.2) is 11.4 Å². The van der Waals surface area contributed by atoms with E-state index in [-0.39, 0.29) is 11.4 Å². The van der Waals surface area contributed by atoms with Crippen LogP contribution in [0.5, 0.6) is 5.75 Å². The van der Waals surface area contributed by atoms with Crippen molar-refractivity contribution in [2.75, 3.05) is 13.2 Å². The first-order valence-corrected chi connectivity index (χ1v) is 10.1. The van der Waals surface area contributed by atoms with Gasteiger partial charge in [0.05, 0.1) is 6.61 Å². The van der Waals surface area contributed by atoms with Gasteiger partial charge in [0.2, 0.25) is 0 Å². The van der Waals surface area contributed by atoms with E-state index in [1.165, 1.54) is 30.4 Å². The van der Waals surface area contributed by atoms with Crippen molar-refractivity contribution < 1.29 is 9.47 Å². The maximum Gasteiger partial charge on any atom is 0.169 e. The summed E-state index contributed by atoms with van der Waals surface area (Å²) in [6, 6.07) is 19.7. The Labute approximate surface area is 154 Å². The van der Waals surface area contributed by atoms with E-state index in [9.17, 15) is 0 Å². The van der Waals surface area contributed by atoms with Crippen LogP contribution < -0.4 is 4.74 Å². The number of fused-ring (bicyclic) bond motifs is 1. The predicted octanol–water partition coefficient (Wildman–Crippen LogP) is 4.64. The lowest BCUT2D eigenvalue weighted by Crippen LogP contribution is -2.71. The van der Waals surface area contributed by atoms with Crippen molar-refractivity contribution in [2.45, 2.75) is 49.5 Å². The first kappa shape index (κ1) is 15.2. The Kier molecular flexibility index (Phi) is 3.13. The smallest absolute Gasteiger partial charge is 0.169 e. The number of rotatable bonds is 1. The van der Waals surface area contributed by atoms with Gasteiger partial charge in [-0.1, -0.05) is 55.0 Å². The molecule has 4 aliphatic rings. The zero-order valence-corrected chi connectivity index (χ0v) is 15.1. The van der Waals surface area contributed by atoms with Gasteiger partial charge in [-0.25, -0.2) is 4.90 Å². The summed E-state index contributed by atoms with van der Waals surface area (Å²) in [4.78, 5) is 2.60. The van der Waals surface area contributed by atoms with Crippen LogP contribution in [0.15, 0.2) is 54.6 Å². The molecule has 2 aromatic carbocycles. The normalized spacial score (nSPS) is 38.0. The monoisotopic (exact) mass is 347 g/mol. The molecule has 1 saturated carbocycles. The fourth-order valence-corrected chi connectivity index (χ4v) is 6.31. The second kappa shape index (κ2) is 5.34. The van der Waals surface area contributed by atoms with E-state index in [2.05, 4.69) is 59.5 Å². The average molecular weight is 347 g/mol. The Hall–Kier alpha value is -1.84. The van der Waals surface area contributed by atoms with Crippen LogP contribution in [0.2, 0.25) is 0 Å². The largest absolute Gasteiger partial charge is 0.472 e. The van der Waals surface area contributed by atoms with Crippen LogP contribution in [0, 0.1) is 5.92 Å². The third-order valence-electron chi connectivity index (χ3n) is 7.23. The summed E-state index contributed by atoms with van der Waals surface area (Å²) in [5, 5.41) is 0. The first-order chi connectivity index (χ1) is 12.8. The Morgan fingerprint density at radius 1 is 0.962 bits per heavy atom. The van der Waals surface area contributed by atoms with Gasteiger partial charge in [-0.2, -0.15) is 0 Å². The highest BCUT2D eigenvalue weighted by atomic mass is 16.6. The lowest BCUT2D eigenvalue weighted by molar-refractivity contribution is -0.281. The standard InChI is InChI=1S/C23H25NO2/c1-2-8-17(9-3-1)18-16-23-20-11-4-5-12-21(20)26-22(24(23)14-15-25-23)13-7-6-10-19(18)22/h1-5,8-9,11-12,18-19H,6-7,10,13-16H2. The molecule has 1 aliphatic carbocycles. The lowest BCUT2D eigenvalue weighted by atomic mass is 9.62. The maximum atomic E-state index is 6.90. The van der Waals surface area contributed by atoms with E-state index < -0.39 is 0 Å². The molecule has 4 unspecified atom stereocenters. The number of ether oxygens (including phenoxy) is 2. The number of piperidine rings is 1. The van der Waals surface area contributed by atoms with Crippen molar-refractivity contribution in [2.24, 2.45) is 5.92 Å². The van der Waals surface area contributed by atoms with E-state index >= 15 is 0 Å². The molecule has 2 bridgehead atoms. The summed E-state index contributed by atoms with van der Waals surface area (Å²) in [6.45, 7) is 1.78. The second-order valence-corrected chi connectivity index (χ2v) is 8.30. The summed E-state index contributed by atoms with van der Waals surface area (Å²) in [6.07, 6.45) is 5.94. The van der Waals surface area contributed by atoms with E-state index in [1.54, 1.807) is 0 Å². The van der Waals surface area contributed by atoms with Crippen molar-refractivity contribution in [3.8, 4) is 5.75 Å². The number of para-hydroxylation sites is 1. The van der Waals surface area contributed by atoms with Crippen molar-refractivity contribution in [3.63, 3.8) is 0 Å². The summed E-state index contributed by atoms with van der Waals surface area (Å²) in [7, 11) is 0. The van der Waals surface area contributed by atoms with E-state index in [0.29, 0.717) is 11.8 Å². The molecule has 1 spiro atoms. The topological polar surface area (TPSA) is 21.7 Å². The lowest BCUT2D eigenvalue weighted by Gasteiger charge is -2.63. The minimum absolute atomic E-state index is 0.206. The van der Waals surface area contributed by atoms with Crippen molar-refractivity contribution in [1.29, 1.82) is 0 Å². The van der Waals surface area contributed by atoms with Crippen molar-refractivity contribution in [3.05, 3.63) is 65.7 Å². The number of benzene rings is 2. The first-order valence-electron chi connectivity index (χ1n) is 10.1. The molecule has 2 saturated heterocycles. The van der Waals surface area contributed by atoms with Crippen molar-refractivity contribution in [1.82, 2.24) is 4.90 Å². The number of nitrogens with zero attached hydrogens (tertiary/aromatic N) is 1. The second-order valence-electron chi connectivity index (χ2n) is 8.30. The molecule has 4 atom stereocenters. The molecule has 26 heavy (non-hydrogen) atoms. The van der Waals surface area contributed by atoms with Gasteiger partial charge in [-0.3, -0.25) is 0 Å². The third-order valence-corrected chi connectivity index (χ3v) is 7.23. The summed E-state index contributed by atoms with van der Waals surface area (Å²) in [5.74, 6) is 2.06.